The van der Waals surface area contributed by atoms with Crippen LogP contribution in [0.15, 0.2) is 60.1 Å². The molecule has 0 saturated heterocycles. The molecule has 6 heteroatoms. The van der Waals surface area contributed by atoms with E-state index in [4.69, 9.17) is 4.74 Å². The fourth-order valence-electron chi connectivity index (χ4n) is 3.36. The number of pyridine rings is 1. The molecule has 2 aromatic heterocycles. The van der Waals surface area contributed by atoms with E-state index in [0.29, 0.717) is 11.5 Å². The van der Waals surface area contributed by atoms with Gasteiger partial charge in [-0.3, -0.25) is 9.55 Å². The van der Waals surface area contributed by atoms with Crippen LogP contribution in [0.2, 0.25) is 0 Å². The van der Waals surface area contributed by atoms with Crippen molar-refractivity contribution in [3.8, 4) is 0 Å². The van der Waals surface area contributed by atoms with E-state index in [0.717, 1.165) is 22.3 Å². The third-order valence-electron chi connectivity index (χ3n) is 4.39. The summed E-state index contributed by atoms with van der Waals surface area (Å²) < 4.78 is 7.56. The Morgan fingerprint density at radius 2 is 2.04 bits per heavy atom. The van der Waals surface area contributed by atoms with Gasteiger partial charge in [-0.05, 0) is 44.5 Å². The first-order valence-electron chi connectivity index (χ1n) is 8.62. The molecule has 0 aliphatic carbocycles. The van der Waals surface area contributed by atoms with Crippen molar-refractivity contribution in [3.63, 3.8) is 0 Å². The molecule has 0 saturated carbocycles. The van der Waals surface area contributed by atoms with Crippen molar-refractivity contribution in [2.24, 2.45) is 0 Å². The summed E-state index contributed by atoms with van der Waals surface area (Å²) in [6.07, 6.45) is 3.31. The quantitative estimate of drug-likeness (QED) is 0.731. The number of fused-ring (bicyclic) bond motifs is 3. The van der Waals surface area contributed by atoms with Crippen LogP contribution in [0.5, 0.6) is 0 Å². The number of carbonyl (C=O) groups is 1. The molecule has 0 amide bonds. The molecular weight excluding hydrogens is 328 g/mol. The van der Waals surface area contributed by atoms with Crippen molar-refractivity contribution >= 4 is 23.0 Å². The van der Waals surface area contributed by atoms with E-state index in [1.807, 2.05) is 61.7 Å². The third-order valence-corrected chi connectivity index (χ3v) is 4.39. The molecule has 26 heavy (non-hydrogen) atoms. The fraction of sp³-hybridized carbons (Fsp3) is 0.250. The number of hydrogen-bond donors (Lipinski definition) is 1. The second-order valence-corrected chi connectivity index (χ2v) is 6.60. The molecule has 6 nitrogen and oxygen atoms in total. The predicted molar refractivity (Wildman–Crippen MR) is 99.7 cm³/mol. The number of carbonyl (C=O) groups excluding carboxylic acids is 1. The molecular formula is C20H20N4O2. The van der Waals surface area contributed by atoms with E-state index in [9.17, 15) is 4.79 Å². The molecule has 132 valence electrons. The molecule has 3 aromatic rings. The second-order valence-electron chi connectivity index (χ2n) is 6.60. The van der Waals surface area contributed by atoms with Crippen LogP contribution in [0.1, 0.15) is 32.4 Å². The lowest BCUT2D eigenvalue weighted by atomic mass is 9.96. The van der Waals surface area contributed by atoms with Crippen molar-refractivity contribution in [1.82, 2.24) is 14.5 Å². The molecule has 1 aromatic carbocycles. The SMILES string of the molecule is CC1=C(C(=O)OC(C)C)[C@H](c2cccnc2)n2c(nc3ccccc32)N1. The molecule has 0 bridgehead atoms. The summed E-state index contributed by atoms with van der Waals surface area (Å²) in [6.45, 7) is 5.57. The summed E-state index contributed by atoms with van der Waals surface area (Å²) in [5.74, 6) is 0.376. The van der Waals surface area contributed by atoms with Crippen LogP contribution in [0.4, 0.5) is 5.95 Å². The van der Waals surface area contributed by atoms with Crippen LogP contribution in [0.25, 0.3) is 11.0 Å². The van der Waals surface area contributed by atoms with Crippen LogP contribution < -0.4 is 5.32 Å². The molecule has 3 heterocycles. The summed E-state index contributed by atoms with van der Waals surface area (Å²) in [4.78, 5) is 21.8. The molecule has 1 N–H and O–H groups in total. The Kier molecular flexibility index (Phi) is 3.95. The normalized spacial score (nSPS) is 16.5. The lowest BCUT2D eigenvalue weighted by Crippen LogP contribution is -2.30. The van der Waals surface area contributed by atoms with E-state index in [2.05, 4.69) is 15.3 Å². The van der Waals surface area contributed by atoms with Crippen LogP contribution in [-0.4, -0.2) is 26.6 Å². The number of aromatic nitrogens is 3. The van der Waals surface area contributed by atoms with Gasteiger partial charge in [0.2, 0.25) is 5.95 Å². The van der Waals surface area contributed by atoms with Crippen molar-refractivity contribution < 1.29 is 9.53 Å². The summed E-state index contributed by atoms with van der Waals surface area (Å²) in [7, 11) is 0. The van der Waals surface area contributed by atoms with Crippen LogP contribution >= 0.6 is 0 Å². The second kappa shape index (κ2) is 6.29. The number of hydrogen-bond acceptors (Lipinski definition) is 5. The molecule has 0 spiro atoms. The average Bonchev–Trinajstić information content (AvgIpc) is 2.98. The first kappa shape index (κ1) is 16.3. The first-order valence-corrected chi connectivity index (χ1v) is 8.62. The maximum absolute atomic E-state index is 12.9. The molecule has 1 aliphatic rings. The van der Waals surface area contributed by atoms with E-state index in [1.54, 1.807) is 12.4 Å². The van der Waals surface area contributed by atoms with E-state index < -0.39 is 0 Å². The van der Waals surface area contributed by atoms with Gasteiger partial charge in [0.15, 0.2) is 0 Å². The Bertz CT molecular complexity index is 1010. The minimum Gasteiger partial charge on any atom is -0.459 e. The summed E-state index contributed by atoms with van der Waals surface area (Å²) in [5.41, 5.74) is 4.05. The van der Waals surface area contributed by atoms with Gasteiger partial charge in [0.1, 0.15) is 0 Å². The zero-order chi connectivity index (χ0) is 18.3. The molecule has 1 aliphatic heterocycles. The van der Waals surface area contributed by atoms with E-state index in [-0.39, 0.29) is 18.1 Å². The number of esters is 1. The highest BCUT2D eigenvalue weighted by Gasteiger charge is 2.35. The minimum absolute atomic E-state index is 0.196. The lowest BCUT2D eigenvalue weighted by Gasteiger charge is -2.30. The minimum atomic E-state index is -0.349. The van der Waals surface area contributed by atoms with Crippen LogP contribution in [-0.2, 0) is 9.53 Å². The summed E-state index contributed by atoms with van der Waals surface area (Å²) in [6, 6.07) is 11.4. The number of rotatable bonds is 3. The Morgan fingerprint density at radius 3 is 2.77 bits per heavy atom. The van der Waals surface area contributed by atoms with E-state index >= 15 is 0 Å². The van der Waals surface area contributed by atoms with Gasteiger partial charge in [0.25, 0.3) is 0 Å². The number of benzene rings is 1. The number of nitrogens with one attached hydrogen (secondary N) is 1. The van der Waals surface area contributed by atoms with Gasteiger partial charge in [-0.15, -0.1) is 0 Å². The number of anilines is 1. The summed E-state index contributed by atoms with van der Waals surface area (Å²) >= 11 is 0. The Labute approximate surface area is 151 Å². The molecule has 0 fully saturated rings. The van der Waals surface area contributed by atoms with Crippen molar-refractivity contribution in [2.45, 2.75) is 32.9 Å². The topological polar surface area (TPSA) is 69.0 Å². The molecule has 0 unspecified atom stereocenters. The van der Waals surface area contributed by atoms with Gasteiger partial charge in [-0.25, -0.2) is 9.78 Å². The van der Waals surface area contributed by atoms with Gasteiger partial charge in [0, 0.05) is 18.1 Å². The standard InChI is InChI=1S/C20H20N4O2/c1-12(2)26-19(25)17-13(3)22-20-23-15-8-4-5-9-16(15)24(20)18(17)14-7-6-10-21-11-14/h4-12,18H,1-3H3,(H,22,23)/t18-/m0/s1. The third kappa shape index (κ3) is 2.63. The van der Waals surface area contributed by atoms with Crippen LogP contribution in [0.3, 0.4) is 0 Å². The first-order chi connectivity index (χ1) is 12.6. The van der Waals surface area contributed by atoms with E-state index in [1.165, 1.54) is 0 Å². The number of para-hydroxylation sites is 2. The Morgan fingerprint density at radius 1 is 1.23 bits per heavy atom. The van der Waals surface area contributed by atoms with Gasteiger partial charge in [-0.2, -0.15) is 0 Å². The summed E-state index contributed by atoms with van der Waals surface area (Å²) in [5, 5.41) is 3.26. The Hall–Kier alpha value is -3.15. The largest absolute Gasteiger partial charge is 0.459 e. The lowest BCUT2D eigenvalue weighted by molar-refractivity contribution is -0.143. The zero-order valence-corrected chi connectivity index (χ0v) is 14.9. The highest BCUT2D eigenvalue weighted by molar-refractivity contribution is 5.94. The van der Waals surface area contributed by atoms with Gasteiger partial charge >= 0.3 is 5.97 Å². The molecule has 0 radical (unpaired) electrons. The smallest absolute Gasteiger partial charge is 0.338 e. The predicted octanol–water partition coefficient (Wildman–Crippen LogP) is 3.67. The maximum Gasteiger partial charge on any atom is 0.338 e. The number of allylic oxidation sites excluding steroid dienone is 1. The molecule has 4 rings (SSSR count). The number of ether oxygens (including phenoxy) is 1. The Balaban J connectivity index is 1.95. The molecule has 1 atom stereocenters. The van der Waals surface area contributed by atoms with Gasteiger partial charge in [0.05, 0.1) is 28.8 Å². The highest BCUT2D eigenvalue weighted by Crippen LogP contribution is 2.39. The number of imidazole rings is 1. The van der Waals surface area contributed by atoms with Gasteiger partial charge in [-0.1, -0.05) is 18.2 Å². The number of nitrogens with zero attached hydrogens (tertiary/aromatic N) is 3. The maximum atomic E-state index is 12.9. The van der Waals surface area contributed by atoms with Gasteiger partial charge < -0.3 is 10.1 Å². The highest BCUT2D eigenvalue weighted by atomic mass is 16.5. The fourth-order valence-corrected chi connectivity index (χ4v) is 3.36. The van der Waals surface area contributed by atoms with Crippen molar-refractivity contribution in [1.29, 1.82) is 0 Å². The zero-order valence-electron chi connectivity index (χ0n) is 14.9. The van der Waals surface area contributed by atoms with Crippen molar-refractivity contribution in [3.05, 3.63) is 65.6 Å². The average molecular weight is 348 g/mol. The monoisotopic (exact) mass is 348 g/mol. The van der Waals surface area contributed by atoms with Crippen LogP contribution in [0, 0.1) is 0 Å². The van der Waals surface area contributed by atoms with Crippen molar-refractivity contribution in [2.75, 3.05) is 5.32 Å².